The number of para-hydroxylation sites is 1. The first-order valence-corrected chi connectivity index (χ1v) is 7.97. The molecule has 0 unspecified atom stereocenters. The molecule has 3 rings (SSSR count). The highest BCUT2D eigenvalue weighted by Gasteiger charge is 2.21. The molecule has 0 spiro atoms. The summed E-state index contributed by atoms with van der Waals surface area (Å²) in [7, 11) is 1.66. The largest absolute Gasteiger partial charge is 0.383 e. The fraction of sp³-hybridized carbons (Fsp3) is 0.412. The number of amides is 2. The van der Waals surface area contributed by atoms with Crippen LogP contribution in [0.4, 0.5) is 16.3 Å². The number of carbonyl (C=O) groups excluding carboxylic acids is 1. The average molecular weight is 314 g/mol. The van der Waals surface area contributed by atoms with E-state index in [0.29, 0.717) is 19.0 Å². The first kappa shape index (κ1) is 15.6. The van der Waals surface area contributed by atoms with Crippen molar-refractivity contribution < 1.29 is 9.53 Å². The van der Waals surface area contributed by atoms with Crippen molar-refractivity contribution in [3.8, 4) is 0 Å². The number of anilines is 2. The Morgan fingerprint density at radius 3 is 3.04 bits per heavy atom. The molecule has 1 aliphatic rings. The highest BCUT2D eigenvalue weighted by atomic mass is 16.5. The van der Waals surface area contributed by atoms with Crippen LogP contribution in [0, 0.1) is 0 Å². The third-order valence-electron chi connectivity index (χ3n) is 4.01. The monoisotopic (exact) mass is 314 g/mol. The lowest BCUT2D eigenvalue weighted by Gasteiger charge is -2.22. The van der Waals surface area contributed by atoms with Crippen LogP contribution in [0.25, 0.3) is 0 Å². The van der Waals surface area contributed by atoms with Crippen LogP contribution in [0.3, 0.4) is 0 Å². The fourth-order valence-corrected chi connectivity index (χ4v) is 2.82. The molecule has 0 fully saturated rings. The first-order chi connectivity index (χ1) is 11.3. The predicted molar refractivity (Wildman–Crippen MR) is 89.8 cm³/mol. The van der Waals surface area contributed by atoms with E-state index in [1.54, 1.807) is 17.9 Å². The zero-order valence-electron chi connectivity index (χ0n) is 13.4. The van der Waals surface area contributed by atoms with Gasteiger partial charge in [0.25, 0.3) is 0 Å². The van der Waals surface area contributed by atoms with E-state index in [2.05, 4.69) is 16.5 Å². The summed E-state index contributed by atoms with van der Waals surface area (Å²) in [4.78, 5) is 14.5. The van der Waals surface area contributed by atoms with Crippen LogP contribution in [0.15, 0.2) is 36.5 Å². The Balaban J connectivity index is 1.71. The molecular weight excluding hydrogens is 292 g/mol. The van der Waals surface area contributed by atoms with Gasteiger partial charge in [0, 0.05) is 31.6 Å². The summed E-state index contributed by atoms with van der Waals surface area (Å²) in [5.41, 5.74) is 2.23. The van der Waals surface area contributed by atoms with Gasteiger partial charge >= 0.3 is 6.03 Å². The molecule has 2 amide bonds. The number of carbonyl (C=O) groups is 1. The minimum Gasteiger partial charge on any atom is -0.383 e. The van der Waals surface area contributed by atoms with E-state index in [-0.39, 0.29) is 6.03 Å². The number of aryl methyl sites for hydroxylation is 1. The Hall–Kier alpha value is -2.34. The zero-order chi connectivity index (χ0) is 16.1. The molecule has 122 valence electrons. The number of rotatable bonds is 4. The van der Waals surface area contributed by atoms with Crippen molar-refractivity contribution in [1.82, 2.24) is 9.78 Å². The fourth-order valence-electron chi connectivity index (χ4n) is 2.82. The molecule has 2 heterocycles. The Kier molecular flexibility index (Phi) is 4.92. The maximum atomic E-state index is 12.6. The van der Waals surface area contributed by atoms with E-state index in [1.165, 1.54) is 5.56 Å². The number of hydrogen-bond donors (Lipinski definition) is 1. The summed E-state index contributed by atoms with van der Waals surface area (Å²) in [5, 5.41) is 7.23. The van der Waals surface area contributed by atoms with Crippen molar-refractivity contribution in [2.24, 2.45) is 0 Å². The van der Waals surface area contributed by atoms with Crippen LogP contribution < -0.4 is 10.2 Å². The average Bonchev–Trinajstić information content (AvgIpc) is 2.89. The second-order valence-electron chi connectivity index (χ2n) is 5.62. The SMILES string of the molecule is COCCn1ccc(NC(=O)N2CCCCc3ccccc32)n1. The van der Waals surface area contributed by atoms with Crippen LogP contribution >= 0.6 is 0 Å². The maximum absolute atomic E-state index is 12.6. The van der Waals surface area contributed by atoms with Crippen molar-refractivity contribution >= 4 is 17.5 Å². The molecular formula is C17H22N4O2. The lowest BCUT2D eigenvalue weighted by molar-refractivity contribution is 0.183. The Morgan fingerprint density at radius 1 is 1.30 bits per heavy atom. The van der Waals surface area contributed by atoms with E-state index in [0.717, 1.165) is 31.5 Å². The third-order valence-corrected chi connectivity index (χ3v) is 4.01. The quantitative estimate of drug-likeness (QED) is 0.944. The summed E-state index contributed by atoms with van der Waals surface area (Å²) < 4.78 is 6.79. The van der Waals surface area contributed by atoms with E-state index in [1.807, 2.05) is 29.3 Å². The van der Waals surface area contributed by atoms with Gasteiger partial charge in [-0.3, -0.25) is 14.9 Å². The van der Waals surface area contributed by atoms with Crippen molar-refractivity contribution in [2.75, 3.05) is 30.5 Å². The molecule has 0 atom stereocenters. The molecule has 23 heavy (non-hydrogen) atoms. The molecule has 6 heteroatoms. The highest BCUT2D eigenvalue weighted by molar-refractivity contribution is 6.01. The lowest BCUT2D eigenvalue weighted by Crippen LogP contribution is -2.35. The smallest absolute Gasteiger partial charge is 0.327 e. The number of benzene rings is 1. The van der Waals surface area contributed by atoms with E-state index < -0.39 is 0 Å². The van der Waals surface area contributed by atoms with Gasteiger partial charge < -0.3 is 4.74 Å². The Labute approximate surface area is 136 Å². The van der Waals surface area contributed by atoms with Crippen LogP contribution in [-0.2, 0) is 17.7 Å². The molecule has 1 aliphatic heterocycles. The summed E-state index contributed by atoms with van der Waals surface area (Å²) in [6.07, 6.45) is 4.97. The molecule has 0 aliphatic carbocycles. The van der Waals surface area contributed by atoms with Crippen LogP contribution in [0.2, 0.25) is 0 Å². The van der Waals surface area contributed by atoms with Gasteiger partial charge in [-0.15, -0.1) is 0 Å². The van der Waals surface area contributed by atoms with Gasteiger partial charge in [0.2, 0.25) is 0 Å². The number of ether oxygens (including phenoxy) is 1. The minimum absolute atomic E-state index is 0.128. The molecule has 6 nitrogen and oxygen atoms in total. The predicted octanol–water partition coefficient (Wildman–Crippen LogP) is 2.90. The number of aromatic nitrogens is 2. The zero-order valence-corrected chi connectivity index (χ0v) is 13.4. The van der Waals surface area contributed by atoms with Crippen LogP contribution in [0.5, 0.6) is 0 Å². The Morgan fingerprint density at radius 2 is 2.17 bits per heavy atom. The topological polar surface area (TPSA) is 59.4 Å². The normalized spacial score (nSPS) is 14.2. The number of urea groups is 1. The molecule has 0 radical (unpaired) electrons. The van der Waals surface area contributed by atoms with Crippen LogP contribution in [-0.4, -0.2) is 36.1 Å². The standard InChI is InChI=1S/C17H22N4O2/c1-23-13-12-20-11-9-16(19-20)18-17(22)21-10-5-4-7-14-6-2-3-8-15(14)21/h2-3,6,8-9,11H,4-5,7,10,12-13H2,1H3,(H,18,19,22). The van der Waals surface area contributed by atoms with Crippen molar-refractivity contribution in [1.29, 1.82) is 0 Å². The lowest BCUT2D eigenvalue weighted by atomic mass is 10.1. The summed E-state index contributed by atoms with van der Waals surface area (Å²) >= 11 is 0. The number of methoxy groups -OCH3 is 1. The number of hydrogen-bond acceptors (Lipinski definition) is 3. The molecule has 1 N–H and O–H groups in total. The maximum Gasteiger partial charge on any atom is 0.327 e. The van der Waals surface area contributed by atoms with Crippen LogP contribution in [0.1, 0.15) is 18.4 Å². The summed E-state index contributed by atoms with van der Waals surface area (Å²) in [6.45, 7) is 1.99. The van der Waals surface area contributed by atoms with Crippen molar-refractivity contribution in [3.63, 3.8) is 0 Å². The number of nitrogens with zero attached hydrogens (tertiary/aromatic N) is 3. The van der Waals surface area contributed by atoms with Crippen molar-refractivity contribution in [3.05, 3.63) is 42.1 Å². The molecule has 0 bridgehead atoms. The van der Waals surface area contributed by atoms with Gasteiger partial charge in [0.05, 0.1) is 13.2 Å². The molecule has 2 aromatic rings. The Bertz CT molecular complexity index is 668. The molecule has 1 aromatic carbocycles. The van der Waals surface area contributed by atoms with E-state index >= 15 is 0 Å². The summed E-state index contributed by atoms with van der Waals surface area (Å²) in [5.74, 6) is 0.563. The van der Waals surface area contributed by atoms with Gasteiger partial charge in [-0.25, -0.2) is 4.79 Å². The van der Waals surface area contributed by atoms with Gasteiger partial charge in [0.1, 0.15) is 0 Å². The van der Waals surface area contributed by atoms with E-state index in [9.17, 15) is 4.79 Å². The van der Waals surface area contributed by atoms with E-state index in [4.69, 9.17) is 4.74 Å². The van der Waals surface area contributed by atoms with Gasteiger partial charge in [-0.05, 0) is 30.9 Å². The van der Waals surface area contributed by atoms with Gasteiger partial charge in [-0.1, -0.05) is 18.2 Å². The second-order valence-corrected chi connectivity index (χ2v) is 5.62. The molecule has 0 saturated heterocycles. The highest BCUT2D eigenvalue weighted by Crippen LogP contribution is 2.26. The first-order valence-electron chi connectivity index (χ1n) is 7.97. The van der Waals surface area contributed by atoms with Gasteiger partial charge in [0.15, 0.2) is 5.82 Å². The second kappa shape index (κ2) is 7.28. The number of fused-ring (bicyclic) bond motifs is 1. The third kappa shape index (κ3) is 3.71. The molecule has 1 aromatic heterocycles. The summed E-state index contributed by atoms with van der Waals surface area (Å²) in [6, 6.07) is 9.79. The molecule has 0 saturated carbocycles. The minimum atomic E-state index is -0.128. The van der Waals surface area contributed by atoms with Gasteiger partial charge in [-0.2, -0.15) is 5.10 Å². The number of nitrogens with one attached hydrogen (secondary N) is 1. The van der Waals surface area contributed by atoms with Crippen molar-refractivity contribution in [2.45, 2.75) is 25.8 Å².